The fraction of sp³-hybridized carbons (Fsp3) is 0.280. The highest BCUT2D eigenvalue weighted by Gasteiger charge is 2.27. The van der Waals surface area contributed by atoms with Crippen LogP contribution in [-0.4, -0.2) is 0 Å². The van der Waals surface area contributed by atoms with Gasteiger partial charge in [0, 0.05) is 42.1 Å². The molecule has 2 nitrogen and oxygen atoms in total. The fourth-order valence-corrected chi connectivity index (χ4v) is 4.51. The molecule has 0 N–H and O–H groups in total. The summed E-state index contributed by atoms with van der Waals surface area (Å²) in [6, 6.07) is 20.1. The summed E-state index contributed by atoms with van der Waals surface area (Å²) in [5.41, 5.74) is 9.08. The molecule has 2 aromatic carbocycles. The van der Waals surface area contributed by atoms with Gasteiger partial charge in [0.05, 0.1) is 10.9 Å². The number of pyridine rings is 1. The second kappa shape index (κ2) is 6.82. The summed E-state index contributed by atoms with van der Waals surface area (Å²) in [5.74, 6) is 0. The molecule has 0 saturated carbocycles. The number of aromatic nitrogens is 2. The van der Waals surface area contributed by atoms with Crippen molar-refractivity contribution in [2.75, 3.05) is 0 Å². The van der Waals surface area contributed by atoms with Crippen molar-refractivity contribution in [3.8, 4) is 16.9 Å². The predicted octanol–water partition coefficient (Wildman–Crippen LogP) is 5.58. The molecule has 0 spiro atoms. The van der Waals surface area contributed by atoms with Crippen LogP contribution in [0.15, 0.2) is 60.0 Å². The highest BCUT2D eigenvalue weighted by atomic mass is 32.1. The first-order valence-electron chi connectivity index (χ1n) is 9.77. The Balaban J connectivity index is 2.11. The zero-order valence-electron chi connectivity index (χ0n) is 17.6. The summed E-state index contributed by atoms with van der Waals surface area (Å²) in [5, 5.41) is 3.42. The minimum Gasteiger partial charge on any atom is -0.157 e. The number of nitrogens with zero attached hydrogens (tertiary/aromatic N) is 2. The van der Waals surface area contributed by atoms with Crippen molar-refractivity contribution in [2.24, 2.45) is 7.05 Å². The van der Waals surface area contributed by atoms with Crippen molar-refractivity contribution in [1.29, 1.82) is 0 Å². The third kappa shape index (κ3) is 3.14. The lowest BCUT2D eigenvalue weighted by Gasteiger charge is -2.21. The van der Waals surface area contributed by atoms with Gasteiger partial charge in [0.25, 0.3) is 0 Å². The molecule has 3 heteroatoms. The number of aryl methyl sites for hydroxylation is 2. The Morgan fingerprint density at radius 3 is 2.32 bits per heavy atom. The van der Waals surface area contributed by atoms with Gasteiger partial charge in [-0.3, -0.25) is 0 Å². The predicted molar refractivity (Wildman–Crippen MR) is 118 cm³/mol. The SMILES string of the molecule is Cc1c(-c2ccs[n+]2C)cc(C(C)(C)C)cc1-[n+]1c(C)ccc2ccccc21. The van der Waals surface area contributed by atoms with Gasteiger partial charge in [-0.25, -0.2) is 0 Å². The molecule has 0 amide bonds. The highest BCUT2D eigenvalue weighted by molar-refractivity contribution is 6.99. The van der Waals surface area contributed by atoms with Crippen molar-refractivity contribution >= 4 is 22.4 Å². The molecule has 0 aliphatic carbocycles. The maximum absolute atomic E-state index is 2.41. The summed E-state index contributed by atoms with van der Waals surface area (Å²) in [7, 11) is 2.14. The lowest BCUT2D eigenvalue weighted by molar-refractivity contribution is -0.589. The number of benzene rings is 2. The normalized spacial score (nSPS) is 11.9. The quantitative estimate of drug-likeness (QED) is 0.396. The molecule has 2 heterocycles. The van der Waals surface area contributed by atoms with E-state index in [0.717, 1.165) is 0 Å². The van der Waals surface area contributed by atoms with Gasteiger partial charge >= 0.3 is 0 Å². The second-order valence-corrected chi connectivity index (χ2v) is 9.61. The van der Waals surface area contributed by atoms with Crippen LogP contribution in [0.2, 0.25) is 0 Å². The van der Waals surface area contributed by atoms with Crippen molar-refractivity contribution < 1.29 is 8.52 Å². The third-order valence-corrected chi connectivity index (χ3v) is 6.35. The summed E-state index contributed by atoms with van der Waals surface area (Å²) < 4.78 is 4.66. The van der Waals surface area contributed by atoms with E-state index in [-0.39, 0.29) is 5.41 Å². The van der Waals surface area contributed by atoms with E-state index in [4.69, 9.17) is 0 Å². The van der Waals surface area contributed by atoms with Crippen LogP contribution < -0.4 is 8.52 Å². The first-order chi connectivity index (χ1) is 13.3. The van der Waals surface area contributed by atoms with Gasteiger partial charge < -0.3 is 0 Å². The molecule has 0 aliphatic heterocycles. The Morgan fingerprint density at radius 2 is 1.64 bits per heavy atom. The van der Waals surface area contributed by atoms with Crippen LogP contribution in [0, 0.1) is 13.8 Å². The van der Waals surface area contributed by atoms with Crippen LogP contribution in [0.5, 0.6) is 0 Å². The van der Waals surface area contributed by atoms with E-state index >= 15 is 0 Å². The Bertz CT molecular complexity index is 1180. The van der Waals surface area contributed by atoms with E-state index in [1.54, 1.807) is 11.5 Å². The molecular weight excluding hydrogens is 360 g/mol. The van der Waals surface area contributed by atoms with Crippen LogP contribution in [0.1, 0.15) is 37.6 Å². The van der Waals surface area contributed by atoms with Gasteiger partial charge in [-0.15, -0.1) is 3.96 Å². The topological polar surface area (TPSA) is 7.76 Å². The highest BCUT2D eigenvalue weighted by Crippen LogP contribution is 2.32. The largest absolute Gasteiger partial charge is 0.227 e. The Kier molecular flexibility index (Phi) is 4.59. The zero-order chi connectivity index (χ0) is 20.1. The molecule has 0 saturated heterocycles. The Morgan fingerprint density at radius 1 is 0.893 bits per heavy atom. The molecule has 28 heavy (non-hydrogen) atoms. The lowest BCUT2D eigenvalue weighted by atomic mass is 9.84. The molecule has 0 atom stereocenters. The van der Waals surface area contributed by atoms with Crippen molar-refractivity contribution in [2.45, 2.75) is 40.0 Å². The summed E-state index contributed by atoms with van der Waals surface area (Å²) in [6.07, 6.45) is 0. The number of fused-ring (bicyclic) bond motifs is 1. The van der Waals surface area contributed by atoms with Crippen molar-refractivity contribution in [3.05, 3.63) is 76.8 Å². The van der Waals surface area contributed by atoms with E-state index in [1.807, 2.05) is 0 Å². The van der Waals surface area contributed by atoms with Gasteiger partial charge in [-0.1, -0.05) is 32.9 Å². The molecule has 0 aliphatic rings. The van der Waals surface area contributed by atoms with Crippen LogP contribution in [-0.2, 0) is 12.5 Å². The third-order valence-electron chi connectivity index (χ3n) is 5.58. The minimum absolute atomic E-state index is 0.0742. The first-order valence-corrected chi connectivity index (χ1v) is 10.6. The van der Waals surface area contributed by atoms with Gasteiger partial charge in [-0.05, 0) is 36.1 Å². The minimum atomic E-state index is 0.0742. The van der Waals surface area contributed by atoms with Crippen LogP contribution >= 0.6 is 11.5 Å². The number of hydrogen-bond donors (Lipinski definition) is 0. The monoisotopic (exact) mass is 388 g/mol. The fourth-order valence-electron chi connectivity index (χ4n) is 3.86. The molecule has 4 rings (SSSR count). The standard InChI is InChI=1S/C25H28N2S/c1-17-11-12-19-9-7-8-10-22(19)27(17)24-16-20(25(3,4)5)15-21(18(24)2)23-13-14-28-26(23)6/h7-16H,1-6H3/q+2. The first kappa shape index (κ1) is 18.8. The van der Waals surface area contributed by atoms with E-state index in [1.165, 1.54) is 44.7 Å². The van der Waals surface area contributed by atoms with E-state index in [2.05, 4.69) is 110 Å². The smallest absolute Gasteiger partial charge is 0.157 e. The van der Waals surface area contributed by atoms with Crippen LogP contribution in [0.3, 0.4) is 0 Å². The maximum Gasteiger partial charge on any atom is 0.227 e. The van der Waals surface area contributed by atoms with E-state index < -0.39 is 0 Å². The van der Waals surface area contributed by atoms with Crippen molar-refractivity contribution in [3.63, 3.8) is 0 Å². The second-order valence-electron chi connectivity index (χ2n) is 8.58. The molecular formula is C25H28N2S+2. The molecule has 0 bridgehead atoms. The number of rotatable bonds is 2. The molecule has 2 aromatic heterocycles. The van der Waals surface area contributed by atoms with Crippen molar-refractivity contribution in [1.82, 2.24) is 0 Å². The maximum atomic E-state index is 2.41. The summed E-state index contributed by atoms with van der Waals surface area (Å²) >= 11 is 1.74. The van der Waals surface area contributed by atoms with E-state index in [0.29, 0.717) is 0 Å². The Labute approximate surface area is 171 Å². The summed E-state index contributed by atoms with van der Waals surface area (Å²) in [6.45, 7) is 11.3. The number of para-hydroxylation sites is 1. The van der Waals surface area contributed by atoms with Gasteiger partial charge in [0.2, 0.25) is 16.9 Å². The lowest BCUT2D eigenvalue weighted by Crippen LogP contribution is -2.37. The summed E-state index contributed by atoms with van der Waals surface area (Å²) in [4.78, 5) is 0. The van der Waals surface area contributed by atoms with Gasteiger partial charge in [0.15, 0.2) is 12.7 Å². The average Bonchev–Trinajstić information content (AvgIpc) is 3.07. The van der Waals surface area contributed by atoms with Gasteiger partial charge in [-0.2, -0.15) is 4.57 Å². The van der Waals surface area contributed by atoms with Crippen LogP contribution in [0.25, 0.3) is 27.8 Å². The molecule has 142 valence electrons. The number of hydrogen-bond acceptors (Lipinski definition) is 1. The Hall–Kier alpha value is -2.52. The van der Waals surface area contributed by atoms with E-state index in [9.17, 15) is 0 Å². The average molecular weight is 389 g/mol. The molecule has 4 aromatic rings. The zero-order valence-corrected chi connectivity index (χ0v) is 18.4. The van der Waals surface area contributed by atoms with Crippen LogP contribution in [0.4, 0.5) is 0 Å². The molecule has 0 unspecified atom stereocenters. The van der Waals surface area contributed by atoms with Gasteiger partial charge in [0.1, 0.15) is 11.5 Å². The molecule has 0 radical (unpaired) electrons. The molecule has 0 fully saturated rings.